The van der Waals surface area contributed by atoms with E-state index >= 15 is 0 Å². The molecule has 30 heavy (non-hydrogen) atoms. The number of aromatic nitrogens is 1. The van der Waals surface area contributed by atoms with Crippen LogP contribution in [0, 0.1) is 23.5 Å². The molecule has 2 fully saturated rings. The van der Waals surface area contributed by atoms with Gasteiger partial charge in [0, 0.05) is 31.1 Å². The van der Waals surface area contributed by atoms with Crippen LogP contribution >= 0.6 is 11.6 Å². The number of pyridine rings is 1. The summed E-state index contributed by atoms with van der Waals surface area (Å²) in [5.41, 5.74) is 0.117. The molecule has 1 aromatic heterocycles. The molecule has 3 heterocycles. The average Bonchev–Trinajstić information content (AvgIpc) is 3.03. The highest BCUT2D eigenvalue weighted by Gasteiger charge is 2.39. The van der Waals surface area contributed by atoms with E-state index in [1.807, 2.05) is 4.72 Å². The summed E-state index contributed by atoms with van der Waals surface area (Å²) in [4.78, 5) is 6.14. The fraction of sp³-hybridized carbons (Fsp3) is 0.421. The number of anilines is 2. The van der Waals surface area contributed by atoms with E-state index in [9.17, 15) is 21.6 Å². The SMILES string of the molecule is CN1CCCC1C1CN(c2cc(F)c(S(=O)(=O)Nc3cccc(F)n3)c(F)c2Cl)C1. The van der Waals surface area contributed by atoms with E-state index in [-0.39, 0.29) is 5.69 Å². The first kappa shape index (κ1) is 21.2. The summed E-state index contributed by atoms with van der Waals surface area (Å²) in [6.45, 7) is 2.21. The molecule has 2 aliphatic heterocycles. The van der Waals surface area contributed by atoms with Crippen LogP contribution in [-0.2, 0) is 10.0 Å². The van der Waals surface area contributed by atoms with Gasteiger partial charge in [-0.15, -0.1) is 0 Å². The lowest BCUT2D eigenvalue weighted by Gasteiger charge is -2.46. The van der Waals surface area contributed by atoms with E-state index in [0.29, 0.717) is 25.0 Å². The molecular weight excluding hydrogens is 441 g/mol. The van der Waals surface area contributed by atoms with E-state index in [4.69, 9.17) is 11.6 Å². The Kier molecular flexibility index (Phi) is 5.58. The zero-order valence-corrected chi connectivity index (χ0v) is 17.7. The lowest BCUT2D eigenvalue weighted by Crippen LogP contribution is -2.54. The summed E-state index contributed by atoms with van der Waals surface area (Å²) < 4.78 is 69.6. The van der Waals surface area contributed by atoms with Crippen molar-refractivity contribution < 1.29 is 21.6 Å². The smallest absolute Gasteiger partial charge is 0.268 e. The zero-order chi connectivity index (χ0) is 21.6. The monoisotopic (exact) mass is 460 g/mol. The number of benzene rings is 1. The van der Waals surface area contributed by atoms with Gasteiger partial charge in [-0.1, -0.05) is 17.7 Å². The Labute approximate surface area is 177 Å². The van der Waals surface area contributed by atoms with Crippen LogP contribution in [0.15, 0.2) is 29.2 Å². The van der Waals surface area contributed by atoms with Gasteiger partial charge in [0.1, 0.15) is 16.7 Å². The third-order valence-corrected chi connectivity index (χ3v) is 7.44. The third-order valence-electron chi connectivity index (χ3n) is 5.69. The van der Waals surface area contributed by atoms with Crippen LogP contribution in [0.1, 0.15) is 12.8 Å². The molecule has 6 nitrogen and oxygen atoms in total. The normalized spacial score (nSPS) is 20.4. The summed E-state index contributed by atoms with van der Waals surface area (Å²) in [6, 6.07) is 4.73. The number of rotatable bonds is 5. The molecule has 0 amide bonds. The number of hydrogen-bond donors (Lipinski definition) is 1. The number of halogens is 4. The number of hydrogen-bond acceptors (Lipinski definition) is 5. The molecular formula is C19H20ClF3N4O2S. The van der Waals surface area contributed by atoms with Crippen molar-refractivity contribution in [2.45, 2.75) is 23.8 Å². The van der Waals surface area contributed by atoms with Gasteiger partial charge in [-0.2, -0.15) is 4.39 Å². The second-order valence-corrected chi connectivity index (χ2v) is 9.64. The van der Waals surface area contributed by atoms with E-state index in [1.165, 1.54) is 6.07 Å². The topological polar surface area (TPSA) is 65.5 Å². The Morgan fingerprint density at radius 1 is 1.23 bits per heavy atom. The standard InChI is InChI=1S/C19H20ClF3N4O2S/c1-26-7-3-4-13(26)11-9-27(10-11)14-8-12(21)19(18(23)17(14)20)30(28,29)25-16-6-2-5-15(22)24-16/h2,5-6,8,11,13H,3-4,7,9-10H2,1H3,(H,24,25). The lowest BCUT2D eigenvalue weighted by atomic mass is 9.89. The molecule has 4 rings (SSSR count). The van der Waals surface area contributed by atoms with Crippen molar-refractivity contribution in [1.82, 2.24) is 9.88 Å². The van der Waals surface area contributed by atoms with Gasteiger partial charge in [-0.05, 0) is 38.6 Å². The quantitative estimate of drug-likeness (QED) is 0.546. The maximum absolute atomic E-state index is 14.9. The molecule has 0 aliphatic carbocycles. The van der Waals surface area contributed by atoms with E-state index in [0.717, 1.165) is 37.6 Å². The third kappa shape index (κ3) is 3.83. The number of likely N-dealkylation sites (tertiary alicyclic amines) is 1. The van der Waals surface area contributed by atoms with Crippen molar-refractivity contribution in [3.63, 3.8) is 0 Å². The molecule has 1 aromatic carbocycles. The lowest BCUT2D eigenvalue weighted by molar-refractivity contribution is 0.196. The molecule has 1 atom stereocenters. The minimum atomic E-state index is -4.72. The van der Waals surface area contributed by atoms with Gasteiger partial charge in [0.25, 0.3) is 10.0 Å². The summed E-state index contributed by atoms with van der Waals surface area (Å²) in [5, 5.41) is -0.470. The van der Waals surface area contributed by atoms with Crippen molar-refractivity contribution in [3.8, 4) is 0 Å². The molecule has 11 heteroatoms. The molecule has 2 aromatic rings. The molecule has 0 saturated carbocycles. The van der Waals surface area contributed by atoms with Gasteiger partial charge in [0.15, 0.2) is 10.7 Å². The van der Waals surface area contributed by atoms with Gasteiger partial charge >= 0.3 is 0 Å². The van der Waals surface area contributed by atoms with Gasteiger partial charge in [0.2, 0.25) is 5.95 Å². The number of sulfonamides is 1. The fourth-order valence-electron chi connectivity index (χ4n) is 4.18. The Morgan fingerprint density at radius 2 is 1.97 bits per heavy atom. The second-order valence-electron chi connectivity index (χ2n) is 7.64. The van der Waals surface area contributed by atoms with Crippen molar-refractivity contribution in [2.75, 3.05) is 36.3 Å². The van der Waals surface area contributed by atoms with Crippen molar-refractivity contribution in [3.05, 3.63) is 46.9 Å². The van der Waals surface area contributed by atoms with Crippen LogP contribution in [0.25, 0.3) is 0 Å². The molecule has 0 radical (unpaired) electrons. The minimum Gasteiger partial charge on any atom is -0.369 e. The molecule has 162 valence electrons. The number of nitrogens with one attached hydrogen (secondary N) is 1. The van der Waals surface area contributed by atoms with Crippen molar-refractivity contribution in [2.24, 2.45) is 5.92 Å². The van der Waals surface area contributed by atoms with Gasteiger partial charge < -0.3 is 9.80 Å². The largest absolute Gasteiger partial charge is 0.369 e. The Bertz CT molecular complexity index is 1080. The summed E-state index contributed by atoms with van der Waals surface area (Å²) in [7, 11) is -2.65. The Morgan fingerprint density at radius 3 is 2.60 bits per heavy atom. The van der Waals surface area contributed by atoms with Crippen molar-refractivity contribution in [1.29, 1.82) is 0 Å². The van der Waals surface area contributed by atoms with E-state index < -0.39 is 43.3 Å². The highest BCUT2D eigenvalue weighted by Crippen LogP contribution is 2.40. The summed E-state index contributed by atoms with van der Waals surface area (Å²) in [6.07, 6.45) is 2.21. The van der Waals surface area contributed by atoms with Crippen LogP contribution in [0.3, 0.4) is 0 Å². The Hall–Kier alpha value is -2.04. The Balaban J connectivity index is 1.57. The first-order valence-corrected chi connectivity index (χ1v) is 11.3. The maximum atomic E-state index is 14.9. The molecule has 0 bridgehead atoms. The van der Waals surface area contributed by atoms with Crippen LogP contribution in [0.5, 0.6) is 0 Å². The minimum absolute atomic E-state index is 0.117. The first-order valence-electron chi connectivity index (χ1n) is 9.45. The van der Waals surface area contributed by atoms with Crippen LogP contribution < -0.4 is 9.62 Å². The van der Waals surface area contributed by atoms with Gasteiger partial charge in [-0.3, -0.25) is 4.72 Å². The van der Waals surface area contributed by atoms with Crippen LogP contribution in [0.4, 0.5) is 24.7 Å². The maximum Gasteiger partial charge on any atom is 0.268 e. The zero-order valence-electron chi connectivity index (χ0n) is 16.1. The second kappa shape index (κ2) is 7.90. The highest BCUT2D eigenvalue weighted by molar-refractivity contribution is 7.92. The molecule has 2 saturated heterocycles. The van der Waals surface area contributed by atoms with Crippen LogP contribution in [0.2, 0.25) is 5.02 Å². The molecule has 1 unspecified atom stereocenters. The molecule has 1 N–H and O–H groups in total. The van der Waals surface area contributed by atoms with Gasteiger partial charge in [-0.25, -0.2) is 22.2 Å². The predicted octanol–water partition coefficient (Wildman–Crippen LogP) is 3.48. The summed E-state index contributed by atoms with van der Waals surface area (Å²) >= 11 is 6.09. The fourth-order valence-corrected chi connectivity index (χ4v) is 5.65. The summed E-state index contributed by atoms with van der Waals surface area (Å²) in [5.74, 6) is -3.65. The molecule has 0 spiro atoms. The predicted molar refractivity (Wildman–Crippen MR) is 108 cm³/mol. The first-order chi connectivity index (χ1) is 14.2. The highest BCUT2D eigenvalue weighted by atomic mass is 35.5. The average molecular weight is 461 g/mol. The van der Waals surface area contributed by atoms with Crippen molar-refractivity contribution >= 4 is 33.1 Å². The van der Waals surface area contributed by atoms with Gasteiger partial charge in [0.05, 0.1) is 5.69 Å². The molecule has 2 aliphatic rings. The number of nitrogens with zero attached hydrogens (tertiary/aromatic N) is 3. The van der Waals surface area contributed by atoms with E-state index in [1.54, 1.807) is 4.90 Å². The van der Waals surface area contributed by atoms with Crippen LogP contribution in [-0.4, -0.2) is 51.0 Å². The van der Waals surface area contributed by atoms with E-state index in [2.05, 4.69) is 16.9 Å².